The van der Waals surface area contributed by atoms with Crippen molar-refractivity contribution in [2.45, 2.75) is 31.6 Å². The summed E-state index contributed by atoms with van der Waals surface area (Å²) in [5.74, 6) is -1.79. The van der Waals surface area contributed by atoms with Crippen LogP contribution in [0.5, 0.6) is 0 Å². The second kappa shape index (κ2) is 12.1. The maximum atomic E-state index is 12.1. The fourth-order valence-corrected chi connectivity index (χ4v) is 3.22. The molecule has 0 radical (unpaired) electrons. The van der Waals surface area contributed by atoms with E-state index in [0.717, 1.165) is 14.7 Å². The highest BCUT2D eigenvalue weighted by atomic mass is 127. The zero-order chi connectivity index (χ0) is 21.9. The Kier molecular flexibility index (Phi) is 9.55. The third-order valence-electron chi connectivity index (χ3n) is 4.08. The van der Waals surface area contributed by atoms with Crippen LogP contribution in [0.3, 0.4) is 0 Å². The van der Waals surface area contributed by atoms with Crippen molar-refractivity contribution in [3.05, 3.63) is 69.3 Å². The van der Waals surface area contributed by atoms with Crippen molar-refractivity contribution in [3.63, 3.8) is 0 Å². The van der Waals surface area contributed by atoms with Crippen LogP contribution in [-0.2, 0) is 27.4 Å². The molecule has 2 rings (SSSR count). The molecule has 160 valence electrons. The molecule has 4 N–H and O–H groups in total. The number of aliphatic hydroxyl groups is 1. The van der Waals surface area contributed by atoms with Crippen LogP contribution in [0.1, 0.15) is 17.5 Å². The Morgan fingerprint density at radius 2 is 1.73 bits per heavy atom. The minimum atomic E-state index is -1.18. The first kappa shape index (κ1) is 23.6. The van der Waals surface area contributed by atoms with Gasteiger partial charge in [-0.1, -0.05) is 42.5 Å². The summed E-state index contributed by atoms with van der Waals surface area (Å²) in [5, 5.41) is 24.1. The van der Waals surface area contributed by atoms with E-state index in [1.165, 1.54) is 0 Å². The molecule has 8 nitrogen and oxygen atoms in total. The fraction of sp³-hybridized carbons (Fsp3) is 0.286. The number of alkyl carbamates (subject to hydrolysis) is 1. The largest absolute Gasteiger partial charge is 0.480 e. The lowest BCUT2D eigenvalue weighted by Crippen LogP contribution is -2.44. The van der Waals surface area contributed by atoms with Crippen molar-refractivity contribution in [2.24, 2.45) is 0 Å². The summed E-state index contributed by atoms with van der Waals surface area (Å²) in [5.41, 5.74) is 1.60. The highest BCUT2D eigenvalue weighted by Gasteiger charge is 2.22. The topological polar surface area (TPSA) is 125 Å². The van der Waals surface area contributed by atoms with Crippen molar-refractivity contribution < 1.29 is 29.3 Å². The molecule has 0 aromatic heterocycles. The second-order valence-electron chi connectivity index (χ2n) is 6.59. The van der Waals surface area contributed by atoms with Crippen LogP contribution in [0.4, 0.5) is 4.79 Å². The van der Waals surface area contributed by atoms with Crippen LogP contribution in [0.15, 0.2) is 54.6 Å². The number of amides is 2. The van der Waals surface area contributed by atoms with Gasteiger partial charge in [-0.15, -0.1) is 0 Å². The molecule has 0 aliphatic rings. The molecule has 0 aliphatic heterocycles. The standard InChI is InChI=1S/C21H23IN2O6/c22-16-8-4-7-15(9-16)10-18(20(27)28)24-19(26)11-17(25)12-23-21(29)30-13-14-5-2-1-3-6-14/h1-9,17-18,25H,10-13H2,(H,23,29)(H,24,26)(H,27,28)/t17-,18-/m0/s1. The summed E-state index contributed by atoms with van der Waals surface area (Å²) in [6.45, 7) is -0.113. The van der Waals surface area contributed by atoms with Gasteiger partial charge in [-0.3, -0.25) is 4.79 Å². The summed E-state index contributed by atoms with van der Waals surface area (Å²) in [7, 11) is 0. The van der Waals surface area contributed by atoms with Gasteiger partial charge in [-0.2, -0.15) is 0 Å². The average molecular weight is 526 g/mol. The Balaban J connectivity index is 1.73. The number of aliphatic carboxylic acids is 1. The van der Waals surface area contributed by atoms with Gasteiger partial charge in [0.15, 0.2) is 0 Å². The minimum Gasteiger partial charge on any atom is -0.480 e. The van der Waals surface area contributed by atoms with Crippen molar-refractivity contribution in [1.29, 1.82) is 0 Å². The minimum absolute atomic E-state index is 0.0853. The number of carbonyl (C=O) groups is 3. The molecule has 30 heavy (non-hydrogen) atoms. The van der Waals surface area contributed by atoms with E-state index in [-0.39, 0.29) is 26.0 Å². The number of halogens is 1. The number of carboxylic acid groups (broad SMARTS) is 1. The molecule has 0 fully saturated rings. The molecule has 0 saturated carbocycles. The molecule has 0 saturated heterocycles. The van der Waals surface area contributed by atoms with E-state index in [1.54, 1.807) is 6.07 Å². The Hall–Kier alpha value is -2.66. The number of benzene rings is 2. The third-order valence-corrected chi connectivity index (χ3v) is 4.75. The highest BCUT2D eigenvalue weighted by Crippen LogP contribution is 2.10. The number of aliphatic hydroxyl groups excluding tert-OH is 1. The Bertz CT molecular complexity index is 862. The van der Waals surface area contributed by atoms with E-state index in [4.69, 9.17) is 4.74 Å². The van der Waals surface area contributed by atoms with Gasteiger partial charge in [-0.05, 0) is 45.9 Å². The Morgan fingerprint density at radius 1 is 1.03 bits per heavy atom. The van der Waals surface area contributed by atoms with E-state index in [1.807, 2.05) is 48.5 Å². The van der Waals surface area contributed by atoms with Gasteiger partial charge in [-0.25, -0.2) is 9.59 Å². The van der Waals surface area contributed by atoms with E-state index in [0.29, 0.717) is 0 Å². The lowest BCUT2D eigenvalue weighted by Gasteiger charge is -2.17. The van der Waals surface area contributed by atoms with Crippen LogP contribution in [0.25, 0.3) is 0 Å². The predicted molar refractivity (Wildman–Crippen MR) is 118 cm³/mol. The smallest absolute Gasteiger partial charge is 0.407 e. The maximum absolute atomic E-state index is 12.1. The molecule has 2 aromatic carbocycles. The normalized spacial score (nSPS) is 12.5. The van der Waals surface area contributed by atoms with Crippen molar-refractivity contribution in [3.8, 4) is 0 Å². The summed E-state index contributed by atoms with van der Waals surface area (Å²) < 4.78 is 5.97. The molecular formula is C21H23IN2O6. The van der Waals surface area contributed by atoms with E-state index in [2.05, 4.69) is 33.2 Å². The van der Waals surface area contributed by atoms with Gasteiger partial charge in [0.1, 0.15) is 12.6 Å². The highest BCUT2D eigenvalue weighted by molar-refractivity contribution is 14.1. The number of nitrogens with one attached hydrogen (secondary N) is 2. The van der Waals surface area contributed by atoms with Gasteiger partial charge < -0.3 is 25.6 Å². The van der Waals surface area contributed by atoms with Gasteiger partial charge in [0, 0.05) is 16.5 Å². The number of ether oxygens (including phenoxy) is 1. The molecule has 0 heterocycles. The monoisotopic (exact) mass is 526 g/mol. The average Bonchev–Trinajstić information content (AvgIpc) is 2.71. The van der Waals surface area contributed by atoms with Crippen molar-refractivity contribution in [1.82, 2.24) is 10.6 Å². The molecule has 0 unspecified atom stereocenters. The first-order valence-corrected chi connectivity index (χ1v) is 10.3. The number of carbonyl (C=O) groups excluding carboxylic acids is 2. The molecule has 2 aromatic rings. The molecule has 0 bridgehead atoms. The van der Waals surface area contributed by atoms with Crippen LogP contribution in [0, 0.1) is 3.57 Å². The fourth-order valence-electron chi connectivity index (χ4n) is 2.61. The number of carboxylic acids is 1. The lowest BCUT2D eigenvalue weighted by molar-refractivity contribution is -0.142. The second-order valence-corrected chi connectivity index (χ2v) is 7.84. The third kappa shape index (κ3) is 8.78. The van der Waals surface area contributed by atoms with Gasteiger partial charge in [0.25, 0.3) is 0 Å². The first-order chi connectivity index (χ1) is 14.3. The molecule has 0 spiro atoms. The molecule has 9 heteroatoms. The van der Waals surface area contributed by atoms with Crippen LogP contribution in [-0.4, -0.2) is 46.9 Å². The summed E-state index contributed by atoms with van der Waals surface area (Å²) in [6, 6.07) is 15.3. The number of hydrogen-bond acceptors (Lipinski definition) is 5. The van der Waals surface area contributed by atoms with E-state index >= 15 is 0 Å². The Morgan fingerprint density at radius 3 is 2.40 bits per heavy atom. The maximum Gasteiger partial charge on any atom is 0.407 e. The van der Waals surface area contributed by atoms with Crippen molar-refractivity contribution >= 4 is 40.6 Å². The summed E-state index contributed by atoms with van der Waals surface area (Å²) in [4.78, 5) is 35.2. The molecule has 0 aliphatic carbocycles. The lowest BCUT2D eigenvalue weighted by atomic mass is 10.1. The first-order valence-electron chi connectivity index (χ1n) is 9.22. The van der Waals surface area contributed by atoms with Gasteiger partial charge in [0.2, 0.25) is 5.91 Å². The number of rotatable bonds is 10. The number of hydrogen-bond donors (Lipinski definition) is 4. The zero-order valence-electron chi connectivity index (χ0n) is 16.1. The van der Waals surface area contributed by atoms with Crippen molar-refractivity contribution in [2.75, 3.05) is 6.54 Å². The predicted octanol–water partition coefficient (Wildman–Crippen LogP) is 2.08. The van der Waals surface area contributed by atoms with E-state index < -0.39 is 30.1 Å². The van der Waals surface area contributed by atoms with Gasteiger partial charge in [0.05, 0.1) is 12.5 Å². The van der Waals surface area contributed by atoms with Crippen LogP contribution < -0.4 is 10.6 Å². The molecular weight excluding hydrogens is 503 g/mol. The van der Waals surface area contributed by atoms with Crippen LogP contribution in [0.2, 0.25) is 0 Å². The van der Waals surface area contributed by atoms with Gasteiger partial charge >= 0.3 is 12.1 Å². The summed E-state index contributed by atoms with van der Waals surface area (Å²) >= 11 is 2.12. The molecule has 2 amide bonds. The van der Waals surface area contributed by atoms with E-state index in [9.17, 15) is 24.6 Å². The zero-order valence-corrected chi connectivity index (χ0v) is 18.2. The Labute approximate surface area is 187 Å². The van der Waals surface area contributed by atoms with Crippen LogP contribution >= 0.6 is 22.6 Å². The SMILES string of the molecule is O=C(C[C@H](O)CNC(=O)OCc1ccccc1)N[C@@H](Cc1cccc(I)c1)C(=O)O. The quantitative estimate of drug-likeness (QED) is 0.352. The summed E-state index contributed by atoms with van der Waals surface area (Å²) in [6.07, 6.45) is -2.13. The molecule has 2 atom stereocenters.